The second-order valence-corrected chi connectivity index (χ2v) is 18.8. The Morgan fingerprint density at radius 1 is 0.600 bits per heavy atom. The zero-order valence-electron chi connectivity index (χ0n) is 27.5. The Bertz CT molecular complexity index is 1630. The standard InChI is InChI=1S/C15H13.C14H23.C13H10.2ClH.Zr/c1-10-3-5-14-12(7-10)9-13-8-11(2)4-6-15(13)14;1-4-7-12-10-11-13(8-5-2)14(12)9-6-3;1-3-7-12(8-4-1)11-13-9-5-2-6-10-13;;;/h3-9H,1-2H3;4-10H2,1-3H3;1-10H;2*1H;/q;;;;;+2/p-2. The zero-order chi connectivity index (χ0) is 29.9. The molecule has 2 aliphatic carbocycles. The van der Waals surface area contributed by atoms with E-state index in [-0.39, 0.29) is 24.8 Å². The van der Waals surface area contributed by atoms with Gasteiger partial charge in [-0.25, -0.2) is 0 Å². The summed E-state index contributed by atoms with van der Waals surface area (Å²) in [5.41, 5.74) is 17.0. The molecule has 0 saturated carbocycles. The fourth-order valence-electron chi connectivity index (χ4n) is 7.72. The van der Waals surface area contributed by atoms with Crippen molar-refractivity contribution < 1.29 is 46.1 Å². The maximum atomic E-state index is 2.55. The van der Waals surface area contributed by atoms with E-state index < -0.39 is 21.3 Å². The molecule has 0 nitrogen and oxygen atoms in total. The van der Waals surface area contributed by atoms with E-state index in [0.29, 0.717) is 3.63 Å². The van der Waals surface area contributed by atoms with Crippen molar-refractivity contribution >= 4 is 3.21 Å². The van der Waals surface area contributed by atoms with Gasteiger partial charge in [-0.05, 0) is 0 Å². The van der Waals surface area contributed by atoms with Crippen LogP contribution in [0, 0.1) is 13.8 Å². The van der Waals surface area contributed by atoms with Gasteiger partial charge >= 0.3 is 269 Å². The van der Waals surface area contributed by atoms with Gasteiger partial charge in [0.25, 0.3) is 0 Å². The molecular formula is C42H46Cl2Zr. The van der Waals surface area contributed by atoms with E-state index in [1.54, 1.807) is 31.1 Å². The third-order valence-electron chi connectivity index (χ3n) is 9.43. The number of aryl methyl sites for hydroxylation is 2. The van der Waals surface area contributed by atoms with Crippen molar-refractivity contribution in [1.29, 1.82) is 0 Å². The molecule has 0 unspecified atom stereocenters. The molecule has 4 aromatic carbocycles. The first-order valence-electron chi connectivity index (χ1n) is 16.6. The van der Waals surface area contributed by atoms with Crippen molar-refractivity contribution in [3.8, 4) is 11.1 Å². The molecule has 0 heterocycles. The molecular weight excluding hydrogens is 667 g/mol. The average molecular weight is 713 g/mol. The molecule has 0 bridgehead atoms. The fraction of sp³-hybridized carbons (Fsp3) is 0.310. The minimum atomic E-state index is -2.77. The third kappa shape index (κ3) is 7.03. The maximum absolute atomic E-state index is 2.77. The first-order chi connectivity index (χ1) is 21.0. The second kappa shape index (κ2) is 16.0. The van der Waals surface area contributed by atoms with Gasteiger partial charge in [-0.15, -0.1) is 0 Å². The monoisotopic (exact) mass is 710 g/mol. The molecule has 0 spiro atoms. The number of hydrogen-bond acceptors (Lipinski definition) is 0. The number of hydrogen-bond donors (Lipinski definition) is 0. The molecule has 0 N–H and O–H groups in total. The average Bonchev–Trinajstić information content (AvgIpc) is 3.51. The topological polar surface area (TPSA) is 0 Å². The van der Waals surface area contributed by atoms with Gasteiger partial charge in [-0.2, -0.15) is 0 Å². The molecule has 0 saturated heterocycles. The molecule has 2 aliphatic rings. The summed E-state index contributed by atoms with van der Waals surface area (Å²) in [5.74, 6) is 0. The summed E-state index contributed by atoms with van der Waals surface area (Å²) in [6.45, 7) is 11.7. The van der Waals surface area contributed by atoms with Gasteiger partial charge in [0.15, 0.2) is 0 Å². The predicted molar refractivity (Wildman–Crippen MR) is 183 cm³/mol. The van der Waals surface area contributed by atoms with Crippen LogP contribution in [0.15, 0.2) is 117 Å². The number of benzene rings is 4. The van der Waals surface area contributed by atoms with Crippen LogP contribution < -0.4 is 24.8 Å². The first-order valence-corrected chi connectivity index (χ1v) is 20.4. The van der Waals surface area contributed by atoms with Gasteiger partial charge in [0.1, 0.15) is 0 Å². The van der Waals surface area contributed by atoms with Crippen LogP contribution in [0.2, 0.25) is 0 Å². The summed E-state index contributed by atoms with van der Waals surface area (Å²) in [6.07, 6.45) is 8.56. The molecule has 0 amide bonds. The molecule has 232 valence electrons. The largest absolute Gasteiger partial charge is 1.00 e. The van der Waals surface area contributed by atoms with Gasteiger partial charge in [-0.1, -0.05) is 0 Å². The van der Waals surface area contributed by atoms with Crippen LogP contribution in [0.5, 0.6) is 0 Å². The Kier molecular flexibility index (Phi) is 12.6. The van der Waals surface area contributed by atoms with Crippen molar-refractivity contribution in [1.82, 2.24) is 0 Å². The van der Waals surface area contributed by atoms with Crippen molar-refractivity contribution in [2.45, 2.75) is 83.2 Å². The predicted octanol–water partition coefficient (Wildman–Crippen LogP) is 5.62. The van der Waals surface area contributed by atoms with Gasteiger partial charge in [0.05, 0.1) is 0 Å². The molecule has 0 aromatic heterocycles. The number of halogens is 2. The molecule has 4 aromatic rings. The van der Waals surface area contributed by atoms with Gasteiger partial charge in [0.2, 0.25) is 0 Å². The Labute approximate surface area is 292 Å². The molecule has 45 heavy (non-hydrogen) atoms. The summed E-state index contributed by atoms with van der Waals surface area (Å²) in [5, 5.41) is 0. The molecule has 6 rings (SSSR count). The van der Waals surface area contributed by atoms with E-state index in [9.17, 15) is 0 Å². The summed E-state index contributed by atoms with van der Waals surface area (Å²) < 4.78 is 4.02. The van der Waals surface area contributed by atoms with E-state index in [1.165, 1.54) is 78.3 Å². The van der Waals surface area contributed by atoms with Crippen molar-refractivity contribution in [2.75, 3.05) is 0 Å². The van der Waals surface area contributed by atoms with Gasteiger partial charge < -0.3 is 24.8 Å². The van der Waals surface area contributed by atoms with Crippen LogP contribution in [0.3, 0.4) is 0 Å². The summed E-state index contributed by atoms with van der Waals surface area (Å²) in [7, 11) is 0. The van der Waals surface area contributed by atoms with Crippen molar-refractivity contribution in [2.24, 2.45) is 0 Å². The molecule has 0 fully saturated rings. The van der Waals surface area contributed by atoms with Crippen LogP contribution in [-0.2, 0) is 21.3 Å². The number of allylic oxidation sites excluding steroid dienone is 4. The normalized spacial score (nSPS) is 13.5. The van der Waals surface area contributed by atoms with Crippen LogP contribution in [0.25, 0.3) is 11.1 Å². The summed E-state index contributed by atoms with van der Waals surface area (Å²) in [4.78, 5) is 0. The van der Waals surface area contributed by atoms with E-state index in [2.05, 4.69) is 132 Å². The van der Waals surface area contributed by atoms with Crippen LogP contribution in [-0.4, -0.2) is 3.21 Å². The third-order valence-corrected chi connectivity index (χ3v) is 17.9. The van der Waals surface area contributed by atoms with Gasteiger partial charge in [-0.3, -0.25) is 0 Å². The molecule has 0 radical (unpaired) electrons. The quantitative estimate of drug-likeness (QED) is 0.200. The van der Waals surface area contributed by atoms with Crippen LogP contribution >= 0.6 is 0 Å². The maximum Gasteiger partial charge on any atom is -1.00 e. The smallest absolute Gasteiger partial charge is 1.00 e. The Balaban J connectivity index is 0.00000230. The number of rotatable bonds is 10. The summed E-state index contributed by atoms with van der Waals surface area (Å²) >= 11 is -2.77. The Morgan fingerprint density at radius 2 is 1.07 bits per heavy atom. The minimum absolute atomic E-state index is 0. The first kappa shape index (κ1) is 35.5. The second-order valence-electron chi connectivity index (χ2n) is 12.6. The van der Waals surface area contributed by atoms with Gasteiger partial charge in [0, 0.05) is 0 Å². The summed E-state index contributed by atoms with van der Waals surface area (Å²) in [6, 6.07) is 37.5. The SMILES string of the molecule is CCCC1=C(CCC)C(CCC)=[C]([Zr+2](=[C](c2ccccc2)c2ccccc2)[CH]2c3cc(C)ccc3-c3ccc(C)cc32)C1.[Cl-].[Cl-]. The van der Waals surface area contributed by atoms with E-state index >= 15 is 0 Å². The van der Waals surface area contributed by atoms with Crippen LogP contribution in [0.1, 0.15) is 103 Å². The van der Waals surface area contributed by atoms with E-state index in [0.717, 1.165) is 0 Å². The van der Waals surface area contributed by atoms with E-state index in [4.69, 9.17) is 0 Å². The molecule has 3 heteroatoms. The van der Waals surface area contributed by atoms with Crippen molar-refractivity contribution in [3.05, 3.63) is 150 Å². The van der Waals surface area contributed by atoms with E-state index in [1.807, 2.05) is 3.28 Å². The molecule has 0 atom stereocenters. The Hall–Kier alpha value is -2.31. The van der Waals surface area contributed by atoms with Crippen LogP contribution in [0.4, 0.5) is 0 Å². The fourth-order valence-corrected chi connectivity index (χ4v) is 17.5. The molecule has 0 aliphatic heterocycles. The van der Waals surface area contributed by atoms with Crippen molar-refractivity contribution in [3.63, 3.8) is 0 Å². The minimum Gasteiger partial charge on any atom is -1.00 e. The Morgan fingerprint density at radius 3 is 1.53 bits per heavy atom. The number of fused-ring (bicyclic) bond motifs is 3. The zero-order valence-corrected chi connectivity index (χ0v) is 31.5.